The molecule has 0 rings (SSSR count). The second kappa shape index (κ2) is 6.31. The van der Waals surface area contributed by atoms with Gasteiger partial charge in [-0.05, 0) is 26.2 Å². The Kier molecular flexibility index (Phi) is 6.07. The quantitative estimate of drug-likeness (QED) is 0.589. The summed E-state index contributed by atoms with van der Waals surface area (Å²) in [5.74, 6) is 0.0413. The van der Waals surface area contributed by atoms with Crippen molar-refractivity contribution in [2.24, 2.45) is 5.92 Å². The molecule has 0 spiro atoms. The van der Waals surface area contributed by atoms with Gasteiger partial charge in [0, 0.05) is 19.1 Å². The van der Waals surface area contributed by atoms with Gasteiger partial charge in [-0.3, -0.25) is 4.79 Å². The van der Waals surface area contributed by atoms with Crippen LogP contribution in [0.1, 0.15) is 26.2 Å². The lowest BCUT2D eigenvalue weighted by molar-refractivity contribution is -0.121. The summed E-state index contributed by atoms with van der Waals surface area (Å²) >= 11 is 0. The van der Waals surface area contributed by atoms with Crippen molar-refractivity contribution in [2.45, 2.75) is 26.2 Å². The van der Waals surface area contributed by atoms with E-state index < -0.39 is 0 Å². The summed E-state index contributed by atoms with van der Waals surface area (Å²) in [5.41, 5.74) is 0. The zero-order valence-electron chi connectivity index (χ0n) is 6.92. The van der Waals surface area contributed by atoms with Crippen LogP contribution in [-0.4, -0.2) is 29.2 Å². The zero-order chi connectivity index (χ0) is 8.69. The Morgan fingerprint density at radius 1 is 1.27 bits per heavy atom. The van der Waals surface area contributed by atoms with E-state index in [1.165, 1.54) is 6.92 Å². The fourth-order valence-electron chi connectivity index (χ4n) is 1.04. The van der Waals surface area contributed by atoms with Crippen molar-refractivity contribution in [2.75, 3.05) is 13.2 Å². The topological polar surface area (TPSA) is 57.5 Å². The molecule has 0 aromatic carbocycles. The van der Waals surface area contributed by atoms with Gasteiger partial charge in [0.15, 0.2) is 0 Å². The maximum Gasteiger partial charge on any atom is 0.132 e. The van der Waals surface area contributed by atoms with Gasteiger partial charge in [0.25, 0.3) is 0 Å². The number of carbonyl (C=O) groups excluding carboxylic acids is 1. The number of aliphatic hydroxyl groups is 2. The van der Waals surface area contributed by atoms with Crippen LogP contribution in [0.5, 0.6) is 0 Å². The lowest BCUT2D eigenvalue weighted by Gasteiger charge is -2.10. The first-order valence-electron chi connectivity index (χ1n) is 3.94. The maximum atomic E-state index is 10.8. The summed E-state index contributed by atoms with van der Waals surface area (Å²) in [6.07, 6.45) is 1.85. The highest BCUT2D eigenvalue weighted by Crippen LogP contribution is 2.11. The number of hydrogen-bond acceptors (Lipinski definition) is 3. The van der Waals surface area contributed by atoms with Crippen LogP contribution in [0.3, 0.4) is 0 Å². The molecule has 0 fully saturated rings. The molecule has 1 atom stereocenters. The number of ketones is 1. The SMILES string of the molecule is CC(=O)C(CCO)CCCO. The third-order valence-electron chi connectivity index (χ3n) is 1.76. The molecule has 3 heteroatoms. The summed E-state index contributed by atoms with van der Waals surface area (Å²) in [7, 11) is 0. The van der Waals surface area contributed by atoms with Gasteiger partial charge in [-0.2, -0.15) is 0 Å². The van der Waals surface area contributed by atoms with Crippen LogP contribution in [0, 0.1) is 5.92 Å². The Labute approximate surface area is 67.0 Å². The second-order valence-electron chi connectivity index (χ2n) is 2.69. The molecular formula is C8H16O3. The van der Waals surface area contributed by atoms with Crippen LogP contribution in [0.2, 0.25) is 0 Å². The lowest BCUT2D eigenvalue weighted by atomic mass is 9.96. The van der Waals surface area contributed by atoms with E-state index in [0.717, 1.165) is 0 Å². The highest BCUT2D eigenvalue weighted by atomic mass is 16.3. The summed E-state index contributed by atoms with van der Waals surface area (Å²) in [4.78, 5) is 10.8. The van der Waals surface area contributed by atoms with Gasteiger partial charge in [-0.25, -0.2) is 0 Å². The third-order valence-corrected chi connectivity index (χ3v) is 1.76. The molecular weight excluding hydrogens is 144 g/mol. The average Bonchev–Trinajstić information content (AvgIpc) is 1.97. The first kappa shape index (κ1) is 10.6. The number of rotatable bonds is 6. The first-order valence-corrected chi connectivity index (χ1v) is 3.94. The number of aliphatic hydroxyl groups excluding tert-OH is 2. The average molecular weight is 160 g/mol. The maximum absolute atomic E-state index is 10.8. The number of hydrogen-bond donors (Lipinski definition) is 2. The Balaban J connectivity index is 3.60. The largest absolute Gasteiger partial charge is 0.396 e. The molecule has 66 valence electrons. The molecule has 0 aliphatic carbocycles. The molecule has 0 aliphatic rings. The van der Waals surface area contributed by atoms with Crippen LogP contribution in [-0.2, 0) is 4.79 Å². The molecule has 0 saturated carbocycles. The van der Waals surface area contributed by atoms with Crippen molar-refractivity contribution in [3.05, 3.63) is 0 Å². The van der Waals surface area contributed by atoms with E-state index in [1.54, 1.807) is 0 Å². The smallest absolute Gasteiger partial charge is 0.132 e. The van der Waals surface area contributed by atoms with E-state index in [4.69, 9.17) is 10.2 Å². The van der Waals surface area contributed by atoms with E-state index in [0.29, 0.717) is 19.3 Å². The fraction of sp³-hybridized carbons (Fsp3) is 0.875. The van der Waals surface area contributed by atoms with E-state index in [2.05, 4.69) is 0 Å². The van der Waals surface area contributed by atoms with Crippen LogP contribution in [0.4, 0.5) is 0 Å². The predicted molar refractivity (Wildman–Crippen MR) is 42.2 cm³/mol. The lowest BCUT2D eigenvalue weighted by Crippen LogP contribution is -2.13. The molecule has 11 heavy (non-hydrogen) atoms. The first-order chi connectivity index (χ1) is 5.22. The van der Waals surface area contributed by atoms with E-state index >= 15 is 0 Å². The summed E-state index contributed by atoms with van der Waals surface area (Å²) in [5, 5.41) is 17.1. The van der Waals surface area contributed by atoms with Gasteiger partial charge in [0.05, 0.1) is 0 Å². The standard InChI is InChI=1S/C8H16O3/c1-7(11)8(4-6-10)3-2-5-9/h8-10H,2-6H2,1H3. The normalized spacial score (nSPS) is 13.0. The van der Waals surface area contributed by atoms with Crippen LogP contribution >= 0.6 is 0 Å². The summed E-state index contributed by atoms with van der Waals surface area (Å²) < 4.78 is 0. The highest BCUT2D eigenvalue weighted by molar-refractivity contribution is 5.78. The molecule has 0 aliphatic heterocycles. The summed E-state index contributed by atoms with van der Waals surface area (Å²) in [6, 6.07) is 0. The van der Waals surface area contributed by atoms with Gasteiger partial charge in [0.2, 0.25) is 0 Å². The summed E-state index contributed by atoms with van der Waals surface area (Å²) in [6.45, 7) is 1.70. The Hall–Kier alpha value is -0.410. The Bertz CT molecular complexity index is 112. The molecule has 2 N–H and O–H groups in total. The van der Waals surface area contributed by atoms with Gasteiger partial charge in [0.1, 0.15) is 5.78 Å². The molecule has 0 amide bonds. The van der Waals surface area contributed by atoms with Gasteiger partial charge in [-0.1, -0.05) is 0 Å². The molecule has 0 heterocycles. The molecule has 0 aromatic rings. The zero-order valence-corrected chi connectivity index (χ0v) is 6.92. The van der Waals surface area contributed by atoms with Crippen LogP contribution in [0.15, 0.2) is 0 Å². The molecule has 0 aromatic heterocycles. The molecule has 1 unspecified atom stereocenters. The monoisotopic (exact) mass is 160 g/mol. The number of carbonyl (C=O) groups is 1. The van der Waals surface area contributed by atoms with Crippen LogP contribution < -0.4 is 0 Å². The Morgan fingerprint density at radius 3 is 2.27 bits per heavy atom. The molecule has 0 bridgehead atoms. The van der Waals surface area contributed by atoms with Gasteiger partial charge >= 0.3 is 0 Å². The van der Waals surface area contributed by atoms with Crippen LogP contribution in [0.25, 0.3) is 0 Å². The van der Waals surface area contributed by atoms with Crippen molar-refractivity contribution in [1.82, 2.24) is 0 Å². The minimum Gasteiger partial charge on any atom is -0.396 e. The van der Waals surface area contributed by atoms with E-state index in [9.17, 15) is 4.79 Å². The van der Waals surface area contributed by atoms with E-state index in [1.807, 2.05) is 0 Å². The third kappa shape index (κ3) is 4.93. The van der Waals surface area contributed by atoms with Crippen molar-refractivity contribution in [3.8, 4) is 0 Å². The molecule has 0 saturated heterocycles. The molecule has 0 radical (unpaired) electrons. The number of Topliss-reactive ketones (excluding diaryl/α,β-unsaturated/α-hetero) is 1. The second-order valence-corrected chi connectivity index (χ2v) is 2.69. The van der Waals surface area contributed by atoms with Crippen molar-refractivity contribution < 1.29 is 15.0 Å². The van der Waals surface area contributed by atoms with Crippen molar-refractivity contribution in [1.29, 1.82) is 0 Å². The van der Waals surface area contributed by atoms with Gasteiger partial charge in [-0.15, -0.1) is 0 Å². The minimum absolute atomic E-state index is 0.0513. The highest BCUT2D eigenvalue weighted by Gasteiger charge is 2.11. The fourth-order valence-corrected chi connectivity index (χ4v) is 1.04. The van der Waals surface area contributed by atoms with Crippen molar-refractivity contribution in [3.63, 3.8) is 0 Å². The Morgan fingerprint density at radius 2 is 1.91 bits per heavy atom. The van der Waals surface area contributed by atoms with Gasteiger partial charge < -0.3 is 10.2 Å². The van der Waals surface area contributed by atoms with Crippen molar-refractivity contribution >= 4 is 5.78 Å². The molecule has 3 nitrogen and oxygen atoms in total. The minimum atomic E-state index is -0.0628. The predicted octanol–water partition coefficient (Wildman–Crippen LogP) is 0.347. The van der Waals surface area contributed by atoms with E-state index in [-0.39, 0.29) is 24.9 Å².